The molecule has 0 aliphatic heterocycles. The van der Waals surface area contributed by atoms with Crippen molar-refractivity contribution in [1.29, 1.82) is 0 Å². The van der Waals surface area contributed by atoms with Gasteiger partial charge in [-0.1, -0.05) is 55.7 Å². The number of hydrogen-bond acceptors (Lipinski definition) is 8. The van der Waals surface area contributed by atoms with Crippen LogP contribution >= 0.6 is 0 Å². The summed E-state index contributed by atoms with van der Waals surface area (Å²) >= 11 is 0. The molecule has 8 heteroatoms. The van der Waals surface area contributed by atoms with Gasteiger partial charge in [0, 0.05) is 12.8 Å². The molecular formula is C25H28O8. The molecule has 0 spiro atoms. The van der Waals surface area contributed by atoms with Crippen molar-refractivity contribution in [3.8, 4) is 0 Å². The van der Waals surface area contributed by atoms with Gasteiger partial charge in [-0.25, -0.2) is 9.59 Å². The lowest BCUT2D eigenvalue weighted by molar-refractivity contribution is -0.153. The maximum Gasteiger partial charge on any atom is 0.340 e. The minimum atomic E-state index is -0.545. The van der Waals surface area contributed by atoms with Gasteiger partial charge in [-0.2, -0.15) is 0 Å². The fourth-order valence-corrected chi connectivity index (χ4v) is 2.83. The fourth-order valence-electron chi connectivity index (χ4n) is 2.83. The smallest absolute Gasteiger partial charge is 0.340 e. The first kappa shape index (κ1) is 25.6. The molecule has 0 saturated heterocycles. The minimum Gasteiger partial charge on any atom is -0.428 e. The summed E-state index contributed by atoms with van der Waals surface area (Å²) in [6.07, 6.45) is 4.23. The number of carbonyl (C=O) groups is 4. The Morgan fingerprint density at radius 3 is 1.24 bits per heavy atom. The molecular weight excluding hydrogens is 428 g/mol. The zero-order chi connectivity index (χ0) is 23.7. The molecule has 0 amide bonds. The van der Waals surface area contributed by atoms with Crippen LogP contribution in [-0.4, -0.2) is 37.5 Å². The van der Waals surface area contributed by atoms with Crippen molar-refractivity contribution in [2.24, 2.45) is 0 Å². The summed E-state index contributed by atoms with van der Waals surface area (Å²) < 4.78 is 19.6. The first-order valence-electron chi connectivity index (χ1n) is 10.8. The van der Waals surface area contributed by atoms with Crippen LogP contribution in [-0.2, 0) is 28.5 Å². The quantitative estimate of drug-likeness (QED) is 0.233. The van der Waals surface area contributed by atoms with E-state index in [9.17, 15) is 19.2 Å². The Balaban J connectivity index is 1.41. The van der Waals surface area contributed by atoms with Crippen molar-refractivity contribution in [2.45, 2.75) is 44.9 Å². The molecule has 0 saturated carbocycles. The van der Waals surface area contributed by atoms with E-state index in [4.69, 9.17) is 18.9 Å². The lowest BCUT2D eigenvalue weighted by Crippen LogP contribution is -2.13. The second kappa shape index (κ2) is 15.2. The highest BCUT2D eigenvalue weighted by molar-refractivity contribution is 5.89. The topological polar surface area (TPSA) is 105 Å². The van der Waals surface area contributed by atoms with Crippen molar-refractivity contribution in [2.75, 3.05) is 13.6 Å². The molecule has 0 aliphatic rings. The van der Waals surface area contributed by atoms with Gasteiger partial charge in [0.1, 0.15) is 0 Å². The third-order valence-corrected chi connectivity index (χ3v) is 4.60. The van der Waals surface area contributed by atoms with E-state index in [1.165, 1.54) is 0 Å². The van der Waals surface area contributed by atoms with Crippen molar-refractivity contribution < 1.29 is 38.1 Å². The van der Waals surface area contributed by atoms with Gasteiger partial charge >= 0.3 is 23.9 Å². The molecule has 0 aliphatic carbocycles. The van der Waals surface area contributed by atoms with Crippen LogP contribution in [0.4, 0.5) is 0 Å². The Kier molecular flexibility index (Phi) is 11.8. The van der Waals surface area contributed by atoms with Gasteiger partial charge in [-0.3, -0.25) is 9.59 Å². The summed E-state index contributed by atoms with van der Waals surface area (Å²) in [7, 11) is 0. The molecule has 8 nitrogen and oxygen atoms in total. The fraction of sp³-hybridized carbons (Fsp3) is 0.360. The van der Waals surface area contributed by atoms with Gasteiger partial charge in [0.25, 0.3) is 0 Å². The van der Waals surface area contributed by atoms with Crippen molar-refractivity contribution in [3.05, 3.63) is 71.8 Å². The monoisotopic (exact) mass is 456 g/mol. The van der Waals surface area contributed by atoms with Crippen LogP contribution < -0.4 is 0 Å². The second-order valence-electron chi connectivity index (χ2n) is 7.13. The lowest BCUT2D eigenvalue weighted by atomic mass is 10.1. The average Bonchev–Trinajstić information content (AvgIpc) is 2.84. The van der Waals surface area contributed by atoms with E-state index in [2.05, 4.69) is 0 Å². The Bertz CT molecular complexity index is 806. The van der Waals surface area contributed by atoms with Crippen LogP contribution in [0.2, 0.25) is 0 Å². The Morgan fingerprint density at radius 1 is 0.485 bits per heavy atom. The molecule has 0 N–H and O–H groups in total. The molecule has 0 fully saturated rings. The maximum absolute atomic E-state index is 11.7. The molecule has 2 rings (SSSR count). The Hall–Kier alpha value is -3.68. The van der Waals surface area contributed by atoms with E-state index in [-0.39, 0.29) is 12.8 Å². The average molecular weight is 456 g/mol. The van der Waals surface area contributed by atoms with E-state index in [1.54, 1.807) is 60.7 Å². The van der Waals surface area contributed by atoms with E-state index in [0.29, 0.717) is 24.0 Å². The van der Waals surface area contributed by atoms with E-state index in [0.717, 1.165) is 19.3 Å². The van der Waals surface area contributed by atoms with Crippen molar-refractivity contribution in [1.82, 2.24) is 0 Å². The SMILES string of the molecule is O=C(CCCCCCCC(=O)OCOC(=O)c1ccccc1)OCOC(=O)c1ccccc1. The van der Waals surface area contributed by atoms with Gasteiger partial charge in [0.05, 0.1) is 11.1 Å². The van der Waals surface area contributed by atoms with Crippen LogP contribution in [0.1, 0.15) is 65.7 Å². The third-order valence-electron chi connectivity index (χ3n) is 4.60. The van der Waals surface area contributed by atoms with Crippen LogP contribution in [0.25, 0.3) is 0 Å². The first-order valence-corrected chi connectivity index (χ1v) is 10.8. The lowest BCUT2D eigenvalue weighted by Gasteiger charge is -2.07. The maximum atomic E-state index is 11.7. The summed E-state index contributed by atoms with van der Waals surface area (Å²) in [5, 5.41) is 0. The molecule has 0 aromatic heterocycles. The van der Waals surface area contributed by atoms with Gasteiger partial charge in [-0.05, 0) is 37.1 Å². The van der Waals surface area contributed by atoms with Gasteiger partial charge < -0.3 is 18.9 Å². The molecule has 0 bridgehead atoms. The van der Waals surface area contributed by atoms with Crippen molar-refractivity contribution >= 4 is 23.9 Å². The largest absolute Gasteiger partial charge is 0.428 e. The standard InChI is InChI=1S/C25H28O8/c26-22(30-18-32-24(28)20-12-6-4-7-13-20)16-10-2-1-3-11-17-23(27)31-19-33-25(29)21-14-8-5-9-15-21/h4-9,12-15H,1-3,10-11,16-19H2. The van der Waals surface area contributed by atoms with Crippen LogP contribution in [0.5, 0.6) is 0 Å². The summed E-state index contributed by atoms with van der Waals surface area (Å²) in [4.78, 5) is 46.8. The van der Waals surface area contributed by atoms with Gasteiger partial charge in [0.15, 0.2) is 0 Å². The highest BCUT2D eigenvalue weighted by Crippen LogP contribution is 2.09. The van der Waals surface area contributed by atoms with E-state index < -0.39 is 37.5 Å². The van der Waals surface area contributed by atoms with E-state index >= 15 is 0 Å². The summed E-state index contributed by atoms with van der Waals surface area (Å²) in [5.74, 6) is -1.94. The molecule has 2 aromatic carbocycles. The second-order valence-corrected chi connectivity index (χ2v) is 7.13. The number of rotatable bonds is 14. The molecule has 0 heterocycles. The zero-order valence-corrected chi connectivity index (χ0v) is 18.4. The Labute approximate surface area is 192 Å². The third kappa shape index (κ3) is 11.0. The number of hydrogen-bond donors (Lipinski definition) is 0. The van der Waals surface area contributed by atoms with Gasteiger partial charge in [-0.15, -0.1) is 0 Å². The summed E-state index contributed by atoms with van der Waals surface area (Å²) in [5.41, 5.74) is 0.788. The number of benzene rings is 2. The van der Waals surface area contributed by atoms with E-state index in [1.807, 2.05) is 0 Å². The van der Waals surface area contributed by atoms with Crippen LogP contribution in [0.3, 0.4) is 0 Å². The minimum absolute atomic E-state index is 0.234. The number of carbonyl (C=O) groups excluding carboxylic acids is 4. The highest BCUT2D eigenvalue weighted by atomic mass is 16.7. The summed E-state index contributed by atoms with van der Waals surface area (Å²) in [6, 6.07) is 16.9. The molecule has 33 heavy (non-hydrogen) atoms. The first-order chi connectivity index (χ1) is 16.1. The van der Waals surface area contributed by atoms with Gasteiger partial charge in [0.2, 0.25) is 13.6 Å². The van der Waals surface area contributed by atoms with Crippen molar-refractivity contribution in [3.63, 3.8) is 0 Å². The normalized spacial score (nSPS) is 10.2. The molecule has 2 aromatic rings. The highest BCUT2D eigenvalue weighted by Gasteiger charge is 2.09. The molecule has 0 unspecified atom stereocenters. The number of esters is 4. The van der Waals surface area contributed by atoms with Crippen LogP contribution in [0, 0.1) is 0 Å². The zero-order valence-electron chi connectivity index (χ0n) is 18.4. The predicted octanol–water partition coefficient (Wildman–Crippen LogP) is 4.43. The predicted molar refractivity (Wildman–Crippen MR) is 118 cm³/mol. The molecule has 176 valence electrons. The molecule has 0 radical (unpaired) electrons. The Morgan fingerprint density at radius 2 is 0.848 bits per heavy atom. The summed E-state index contributed by atoms with van der Waals surface area (Å²) in [6.45, 7) is -0.815. The number of unbranched alkanes of at least 4 members (excludes halogenated alkanes) is 4. The van der Waals surface area contributed by atoms with Crippen LogP contribution in [0.15, 0.2) is 60.7 Å². The molecule has 0 atom stereocenters. The number of ether oxygens (including phenoxy) is 4.